The average Bonchev–Trinajstić information content (AvgIpc) is 2.98. The highest BCUT2D eigenvalue weighted by atomic mass is 16.1. The zero-order chi connectivity index (χ0) is 17.2. The molecule has 4 aromatic rings. The number of aryl methyl sites for hydroxylation is 1. The molecule has 1 N–H and O–H groups in total. The summed E-state index contributed by atoms with van der Waals surface area (Å²) in [4.78, 5) is 24.7. The number of hydrogen-bond acceptors (Lipinski definition) is 4. The van der Waals surface area contributed by atoms with Crippen LogP contribution in [0.3, 0.4) is 0 Å². The van der Waals surface area contributed by atoms with E-state index in [4.69, 9.17) is 0 Å². The van der Waals surface area contributed by atoms with Gasteiger partial charge < -0.3 is 5.32 Å². The molecule has 25 heavy (non-hydrogen) atoms. The molecule has 0 radical (unpaired) electrons. The van der Waals surface area contributed by atoms with E-state index in [9.17, 15) is 4.79 Å². The summed E-state index contributed by atoms with van der Waals surface area (Å²) in [6.45, 7) is 1.96. The van der Waals surface area contributed by atoms with Crippen LogP contribution in [0.4, 0.5) is 5.69 Å². The van der Waals surface area contributed by atoms with Gasteiger partial charge in [0.05, 0.1) is 17.2 Å². The van der Waals surface area contributed by atoms with Gasteiger partial charge in [0.15, 0.2) is 0 Å². The number of anilines is 1. The van der Waals surface area contributed by atoms with Crippen LogP contribution in [0.2, 0.25) is 0 Å². The molecule has 0 saturated heterocycles. The third-order valence-electron chi connectivity index (χ3n) is 3.89. The van der Waals surface area contributed by atoms with E-state index in [0.29, 0.717) is 5.69 Å². The second kappa shape index (κ2) is 6.16. The van der Waals surface area contributed by atoms with Crippen LogP contribution in [0.25, 0.3) is 16.7 Å². The normalized spacial score (nSPS) is 10.8. The monoisotopic (exact) mass is 329 g/mol. The van der Waals surface area contributed by atoms with Crippen molar-refractivity contribution in [2.24, 2.45) is 0 Å². The lowest BCUT2D eigenvalue weighted by Crippen LogP contribution is -2.13. The van der Waals surface area contributed by atoms with Crippen molar-refractivity contribution in [1.29, 1.82) is 0 Å². The summed E-state index contributed by atoms with van der Waals surface area (Å²) < 4.78 is 2.09. The molecule has 0 atom stereocenters. The van der Waals surface area contributed by atoms with E-state index in [-0.39, 0.29) is 11.6 Å². The molecule has 6 heteroatoms. The fraction of sp³-hybridized carbons (Fsp3) is 0.0526. The van der Waals surface area contributed by atoms with Crippen LogP contribution in [-0.4, -0.2) is 25.4 Å². The number of nitrogens with zero attached hydrogens (tertiary/aromatic N) is 4. The summed E-state index contributed by atoms with van der Waals surface area (Å²) in [7, 11) is 0. The van der Waals surface area contributed by atoms with Crippen molar-refractivity contribution in [2.45, 2.75) is 6.92 Å². The average molecular weight is 329 g/mol. The lowest BCUT2D eigenvalue weighted by atomic mass is 10.2. The van der Waals surface area contributed by atoms with Crippen LogP contribution in [0.5, 0.6) is 0 Å². The maximum Gasteiger partial charge on any atom is 0.275 e. The second-order valence-electron chi connectivity index (χ2n) is 5.58. The number of nitrogens with one attached hydrogen (secondary N) is 1. The molecule has 2 aromatic carbocycles. The minimum absolute atomic E-state index is 0.272. The summed E-state index contributed by atoms with van der Waals surface area (Å²) in [6, 6.07) is 15.7. The molecule has 0 unspecified atom stereocenters. The van der Waals surface area contributed by atoms with Gasteiger partial charge in [0.1, 0.15) is 11.5 Å². The number of carbonyl (C=O) groups excluding carboxylic acids is 1. The van der Waals surface area contributed by atoms with Gasteiger partial charge in [-0.1, -0.05) is 18.2 Å². The van der Waals surface area contributed by atoms with E-state index >= 15 is 0 Å². The summed E-state index contributed by atoms with van der Waals surface area (Å²) in [5.74, 6) is 0.588. The van der Waals surface area contributed by atoms with Crippen molar-refractivity contribution in [3.63, 3.8) is 0 Å². The summed E-state index contributed by atoms with van der Waals surface area (Å²) in [5.41, 5.74) is 3.80. The van der Waals surface area contributed by atoms with Gasteiger partial charge in [0, 0.05) is 23.8 Å². The van der Waals surface area contributed by atoms with E-state index in [1.807, 2.05) is 55.5 Å². The fourth-order valence-electron chi connectivity index (χ4n) is 2.79. The first-order valence-corrected chi connectivity index (χ1v) is 7.84. The van der Waals surface area contributed by atoms with Crippen molar-refractivity contribution < 1.29 is 4.79 Å². The number of para-hydroxylation sites is 1. The predicted octanol–water partition coefficient (Wildman–Crippen LogP) is 3.38. The first-order chi connectivity index (χ1) is 12.2. The Hall–Kier alpha value is -3.54. The maximum absolute atomic E-state index is 12.2. The molecule has 122 valence electrons. The highest BCUT2D eigenvalue weighted by Gasteiger charge is 2.12. The van der Waals surface area contributed by atoms with Crippen molar-refractivity contribution in [2.75, 3.05) is 5.32 Å². The Morgan fingerprint density at radius 3 is 2.68 bits per heavy atom. The minimum atomic E-state index is -0.299. The molecule has 2 heterocycles. The Kier molecular flexibility index (Phi) is 3.70. The SMILES string of the molecule is Cc1nc2cc(NC(=O)c3cnccn3)ccc2n1-c1ccccc1. The molecule has 1 amide bonds. The van der Waals surface area contributed by atoms with Gasteiger partial charge in [-0.25, -0.2) is 9.97 Å². The highest BCUT2D eigenvalue weighted by Crippen LogP contribution is 2.24. The van der Waals surface area contributed by atoms with Crippen LogP contribution in [-0.2, 0) is 0 Å². The first-order valence-electron chi connectivity index (χ1n) is 7.84. The third kappa shape index (κ3) is 2.85. The van der Waals surface area contributed by atoms with Crippen molar-refractivity contribution in [3.05, 3.63) is 78.6 Å². The summed E-state index contributed by atoms with van der Waals surface area (Å²) >= 11 is 0. The van der Waals surface area contributed by atoms with E-state index in [1.165, 1.54) is 18.6 Å². The molecular weight excluding hydrogens is 314 g/mol. The zero-order valence-electron chi connectivity index (χ0n) is 13.5. The Balaban J connectivity index is 1.69. The summed E-state index contributed by atoms with van der Waals surface area (Å²) in [5, 5.41) is 2.83. The van der Waals surface area contributed by atoms with Gasteiger partial charge in [-0.15, -0.1) is 0 Å². The standard InChI is InChI=1S/C19H15N5O/c1-13-22-16-11-14(23-19(25)17-12-20-9-10-21-17)7-8-18(16)24(13)15-5-3-2-4-6-15/h2-12H,1H3,(H,23,25). The number of hydrogen-bond donors (Lipinski definition) is 1. The smallest absolute Gasteiger partial charge is 0.275 e. The number of fused-ring (bicyclic) bond motifs is 1. The van der Waals surface area contributed by atoms with Gasteiger partial charge in [0.25, 0.3) is 5.91 Å². The number of amides is 1. The number of benzene rings is 2. The zero-order valence-corrected chi connectivity index (χ0v) is 13.5. The molecule has 0 bridgehead atoms. The minimum Gasteiger partial charge on any atom is -0.321 e. The van der Waals surface area contributed by atoms with Crippen molar-refractivity contribution >= 4 is 22.6 Å². The molecule has 0 aliphatic heterocycles. The fourth-order valence-corrected chi connectivity index (χ4v) is 2.79. The van der Waals surface area contributed by atoms with Crippen molar-refractivity contribution in [3.8, 4) is 5.69 Å². The number of rotatable bonds is 3. The molecule has 6 nitrogen and oxygen atoms in total. The van der Waals surface area contributed by atoms with E-state index < -0.39 is 0 Å². The van der Waals surface area contributed by atoms with Crippen LogP contribution in [0, 0.1) is 6.92 Å². The Labute approximate surface area is 144 Å². The van der Waals surface area contributed by atoms with Gasteiger partial charge in [0.2, 0.25) is 0 Å². The Morgan fingerprint density at radius 2 is 1.92 bits per heavy atom. The van der Waals surface area contributed by atoms with Gasteiger partial charge in [-0.3, -0.25) is 14.3 Å². The molecule has 2 aromatic heterocycles. The lowest BCUT2D eigenvalue weighted by molar-refractivity contribution is 0.102. The Bertz CT molecular complexity index is 1040. The number of imidazole rings is 1. The molecule has 0 aliphatic rings. The van der Waals surface area contributed by atoms with Crippen LogP contribution in [0.15, 0.2) is 67.1 Å². The quantitative estimate of drug-likeness (QED) is 0.625. The molecule has 0 aliphatic carbocycles. The summed E-state index contributed by atoms with van der Waals surface area (Å²) in [6.07, 6.45) is 4.45. The largest absolute Gasteiger partial charge is 0.321 e. The number of carbonyl (C=O) groups is 1. The van der Waals surface area contributed by atoms with Crippen LogP contribution >= 0.6 is 0 Å². The van der Waals surface area contributed by atoms with Gasteiger partial charge in [-0.2, -0.15) is 0 Å². The molecular formula is C19H15N5O. The predicted molar refractivity (Wildman–Crippen MR) is 95.8 cm³/mol. The third-order valence-corrected chi connectivity index (χ3v) is 3.89. The van der Waals surface area contributed by atoms with Gasteiger partial charge >= 0.3 is 0 Å². The molecule has 0 spiro atoms. The van der Waals surface area contributed by atoms with E-state index in [1.54, 1.807) is 0 Å². The molecule has 4 rings (SSSR count). The lowest BCUT2D eigenvalue weighted by Gasteiger charge is -2.07. The first kappa shape index (κ1) is 15.0. The molecule has 0 saturated carbocycles. The van der Waals surface area contributed by atoms with Crippen LogP contribution < -0.4 is 5.32 Å². The second-order valence-corrected chi connectivity index (χ2v) is 5.58. The van der Waals surface area contributed by atoms with Gasteiger partial charge in [-0.05, 0) is 37.3 Å². The van der Waals surface area contributed by atoms with E-state index in [2.05, 4.69) is 24.8 Å². The van der Waals surface area contributed by atoms with E-state index in [0.717, 1.165) is 22.5 Å². The van der Waals surface area contributed by atoms with Crippen LogP contribution in [0.1, 0.15) is 16.3 Å². The topological polar surface area (TPSA) is 72.7 Å². The molecule has 0 fully saturated rings. The highest BCUT2D eigenvalue weighted by molar-refractivity contribution is 6.03. The van der Waals surface area contributed by atoms with Crippen molar-refractivity contribution in [1.82, 2.24) is 19.5 Å². The Morgan fingerprint density at radius 1 is 1.08 bits per heavy atom. The maximum atomic E-state index is 12.2. The number of aromatic nitrogens is 4.